The van der Waals surface area contributed by atoms with Crippen molar-refractivity contribution in [2.24, 2.45) is 0 Å². The molecule has 2 N–H and O–H groups in total. The molecular formula is C10H9N7O. The Morgan fingerprint density at radius 3 is 3.06 bits per heavy atom. The van der Waals surface area contributed by atoms with Crippen molar-refractivity contribution in [1.29, 1.82) is 0 Å². The van der Waals surface area contributed by atoms with Gasteiger partial charge >= 0.3 is 0 Å². The van der Waals surface area contributed by atoms with E-state index in [1.807, 2.05) is 0 Å². The van der Waals surface area contributed by atoms with E-state index in [2.05, 4.69) is 25.2 Å². The van der Waals surface area contributed by atoms with Crippen molar-refractivity contribution in [3.63, 3.8) is 0 Å². The molecule has 0 bridgehead atoms. The fourth-order valence-corrected chi connectivity index (χ4v) is 1.45. The summed E-state index contributed by atoms with van der Waals surface area (Å²) in [6.45, 7) is 0.370. The number of nitrogen functional groups attached to an aromatic ring is 1. The molecule has 0 unspecified atom stereocenters. The summed E-state index contributed by atoms with van der Waals surface area (Å²) in [7, 11) is 0. The molecule has 0 atom stereocenters. The van der Waals surface area contributed by atoms with Gasteiger partial charge in [-0.25, -0.2) is 9.97 Å². The number of hydrogen-bond acceptors (Lipinski definition) is 7. The van der Waals surface area contributed by atoms with Crippen LogP contribution in [-0.4, -0.2) is 29.9 Å². The maximum absolute atomic E-state index is 5.56. The lowest BCUT2D eigenvalue weighted by molar-refractivity contribution is 0.366. The smallest absolute Gasteiger partial charge is 0.248 e. The zero-order chi connectivity index (χ0) is 12.4. The summed E-state index contributed by atoms with van der Waals surface area (Å²) in [5.74, 6) is 0.860. The van der Waals surface area contributed by atoms with Gasteiger partial charge in [-0.05, 0) is 6.07 Å². The van der Waals surface area contributed by atoms with Crippen LogP contribution < -0.4 is 5.73 Å². The first-order chi connectivity index (χ1) is 8.81. The quantitative estimate of drug-likeness (QED) is 0.707. The second-order valence-corrected chi connectivity index (χ2v) is 3.58. The summed E-state index contributed by atoms with van der Waals surface area (Å²) >= 11 is 0. The van der Waals surface area contributed by atoms with Gasteiger partial charge in [0.25, 0.3) is 0 Å². The molecule has 0 spiro atoms. The fraction of sp³-hybridized carbons (Fsp3) is 0.100. The minimum atomic E-state index is 0.370. The van der Waals surface area contributed by atoms with Crippen LogP contribution in [0.15, 0.2) is 35.5 Å². The third kappa shape index (κ3) is 2.03. The van der Waals surface area contributed by atoms with Crippen molar-refractivity contribution in [2.75, 3.05) is 5.73 Å². The normalized spacial score (nSPS) is 10.7. The second-order valence-electron chi connectivity index (χ2n) is 3.58. The van der Waals surface area contributed by atoms with Gasteiger partial charge in [0, 0.05) is 12.4 Å². The summed E-state index contributed by atoms with van der Waals surface area (Å²) in [6.07, 6.45) is 6.29. The molecule has 0 saturated carbocycles. The van der Waals surface area contributed by atoms with Crippen LogP contribution in [0.1, 0.15) is 5.89 Å². The Balaban J connectivity index is 1.82. The largest absolute Gasteiger partial charge is 0.396 e. The molecule has 0 saturated heterocycles. The van der Waals surface area contributed by atoms with E-state index in [4.69, 9.17) is 10.3 Å². The van der Waals surface area contributed by atoms with Crippen LogP contribution in [0.25, 0.3) is 11.5 Å². The third-order valence-corrected chi connectivity index (χ3v) is 2.23. The van der Waals surface area contributed by atoms with Crippen LogP contribution in [0.3, 0.4) is 0 Å². The van der Waals surface area contributed by atoms with Crippen LogP contribution >= 0.6 is 0 Å². The predicted octanol–water partition coefficient (Wildman–Crippen LogP) is 0.354. The lowest BCUT2D eigenvalue weighted by atomic mass is 10.4. The number of rotatable bonds is 3. The molecule has 3 aromatic rings. The molecular weight excluding hydrogens is 234 g/mol. The average Bonchev–Trinajstić information content (AvgIpc) is 3.01. The monoisotopic (exact) mass is 243 g/mol. The summed E-state index contributed by atoms with van der Waals surface area (Å²) in [4.78, 5) is 12.1. The Kier molecular flexibility index (Phi) is 2.45. The van der Waals surface area contributed by atoms with E-state index < -0.39 is 0 Å². The Morgan fingerprint density at radius 2 is 2.33 bits per heavy atom. The molecule has 0 aliphatic rings. The van der Waals surface area contributed by atoms with E-state index in [1.165, 1.54) is 6.33 Å². The van der Waals surface area contributed by atoms with E-state index in [1.54, 1.807) is 29.3 Å². The highest BCUT2D eigenvalue weighted by atomic mass is 16.5. The van der Waals surface area contributed by atoms with Crippen LogP contribution in [0, 0.1) is 0 Å². The summed E-state index contributed by atoms with van der Waals surface area (Å²) in [5.41, 5.74) is 6.76. The summed E-state index contributed by atoms with van der Waals surface area (Å²) < 4.78 is 6.73. The highest BCUT2D eigenvalue weighted by Gasteiger charge is 2.10. The Morgan fingerprint density at radius 1 is 1.39 bits per heavy atom. The molecule has 0 aromatic carbocycles. The number of hydrogen-bond donors (Lipinski definition) is 1. The zero-order valence-electron chi connectivity index (χ0n) is 9.26. The first kappa shape index (κ1) is 10.4. The lowest BCUT2D eigenvalue weighted by Gasteiger charge is -1.93. The van der Waals surface area contributed by atoms with E-state index in [9.17, 15) is 0 Å². The number of nitrogens with zero attached hydrogens (tertiary/aromatic N) is 6. The van der Waals surface area contributed by atoms with Gasteiger partial charge in [-0.15, -0.1) is 0 Å². The molecule has 0 amide bonds. The van der Waals surface area contributed by atoms with Crippen LogP contribution in [0.2, 0.25) is 0 Å². The minimum Gasteiger partial charge on any atom is -0.396 e. The summed E-state index contributed by atoms with van der Waals surface area (Å²) in [5, 5.41) is 7.87. The van der Waals surface area contributed by atoms with Crippen molar-refractivity contribution in [3.05, 3.63) is 36.9 Å². The number of anilines is 1. The standard InChI is InChI=1S/C10H9N7O/c11-7-3-14-17(4-7)5-9-15-10(16-18-9)8-1-2-12-6-13-8/h1-4,6H,5,11H2. The van der Waals surface area contributed by atoms with Gasteiger partial charge in [0.1, 0.15) is 18.6 Å². The maximum atomic E-state index is 5.56. The molecule has 0 aliphatic carbocycles. The summed E-state index contributed by atoms with van der Waals surface area (Å²) in [6, 6.07) is 1.71. The average molecular weight is 243 g/mol. The highest BCUT2D eigenvalue weighted by Crippen LogP contribution is 2.12. The number of aromatic nitrogens is 6. The lowest BCUT2D eigenvalue weighted by Crippen LogP contribution is -2.00. The van der Waals surface area contributed by atoms with Crippen molar-refractivity contribution >= 4 is 5.69 Å². The third-order valence-electron chi connectivity index (χ3n) is 2.23. The molecule has 3 heterocycles. The van der Waals surface area contributed by atoms with Crippen LogP contribution in [0.5, 0.6) is 0 Å². The SMILES string of the molecule is Nc1cnn(Cc2nc(-c3ccncn3)no2)c1. The van der Waals surface area contributed by atoms with Crippen molar-refractivity contribution in [3.8, 4) is 11.5 Å². The number of nitrogens with two attached hydrogens (primary N) is 1. The van der Waals surface area contributed by atoms with Gasteiger partial charge in [0.2, 0.25) is 11.7 Å². The van der Waals surface area contributed by atoms with E-state index >= 15 is 0 Å². The predicted molar refractivity (Wildman–Crippen MR) is 61.1 cm³/mol. The van der Waals surface area contributed by atoms with E-state index in [-0.39, 0.29) is 0 Å². The van der Waals surface area contributed by atoms with Gasteiger partial charge in [-0.1, -0.05) is 5.16 Å². The molecule has 3 rings (SSSR count). The van der Waals surface area contributed by atoms with Crippen molar-refractivity contribution in [1.82, 2.24) is 29.9 Å². The van der Waals surface area contributed by atoms with Gasteiger partial charge in [-0.3, -0.25) is 4.68 Å². The molecule has 8 heteroatoms. The molecule has 90 valence electrons. The first-order valence-electron chi connectivity index (χ1n) is 5.18. The van der Waals surface area contributed by atoms with E-state index in [0.29, 0.717) is 29.6 Å². The second kappa shape index (κ2) is 4.24. The molecule has 18 heavy (non-hydrogen) atoms. The van der Waals surface area contributed by atoms with Gasteiger partial charge < -0.3 is 10.3 Å². The van der Waals surface area contributed by atoms with Crippen LogP contribution in [-0.2, 0) is 6.54 Å². The maximum Gasteiger partial charge on any atom is 0.248 e. The van der Waals surface area contributed by atoms with Crippen molar-refractivity contribution in [2.45, 2.75) is 6.54 Å². The van der Waals surface area contributed by atoms with Gasteiger partial charge in [-0.2, -0.15) is 10.1 Å². The molecule has 8 nitrogen and oxygen atoms in total. The molecule has 0 fully saturated rings. The Labute approximate surface area is 101 Å². The zero-order valence-corrected chi connectivity index (χ0v) is 9.26. The van der Waals surface area contributed by atoms with Gasteiger partial charge in [0.15, 0.2) is 0 Å². The van der Waals surface area contributed by atoms with Gasteiger partial charge in [0.05, 0.1) is 11.9 Å². The Hall–Kier alpha value is -2.77. The Bertz CT molecular complexity index is 645. The molecule has 0 radical (unpaired) electrons. The van der Waals surface area contributed by atoms with E-state index in [0.717, 1.165) is 0 Å². The van der Waals surface area contributed by atoms with Crippen LogP contribution in [0.4, 0.5) is 5.69 Å². The first-order valence-corrected chi connectivity index (χ1v) is 5.18. The molecule has 0 aliphatic heterocycles. The highest BCUT2D eigenvalue weighted by molar-refractivity contribution is 5.46. The molecule has 3 aromatic heterocycles. The fourth-order valence-electron chi connectivity index (χ4n) is 1.45. The topological polar surface area (TPSA) is 109 Å². The minimum absolute atomic E-state index is 0.370. The van der Waals surface area contributed by atoms with Crippen molar-refractivity contribution < 1.29 is 4.52 Å².